The highest BCUT2D eigenvalue weighted by Crippen LogP contribution is 2.36. The smallest absolute Gasteiger partial charge is 0.336 e. The van der Waals surface area contributed by atoms with Gasteiger partial charge in [-0.25, -0.2) is 4.79 Å². The van der Waals surface area contributed by atoms with E-state index in [2.05, 4.69) is 10.6 Å². The average Bonchev–Trinajstić information content (AvgIpc) is 2.97. The summed E-state index contributed by atoms with van der Waals surface area (Å²) < 4.78 is 5.90. The Morgan fingerprint density at radius 2 is 1.89 bits per heavy atom. The van der Waals surface area contributed by atoms with Crippen LogP contribution in [0.5, 0.6) is 0 Å². The van der Waals surface area contributed by atoms with Crippen molar-refractivity contribution < 1.29 is 9.21 Å². The van der Waals surface area contributed by atoms with E-state index in [4.69, 9.17) is 39.8 Å². The number of thiophene rings is 1. The van der Waals surface area contributed by atoms with E-state index in [1.165, 1.54) is 17.4 Å². The Morgan fingerprint density at radius 3 is 2.71 bits per heavy atom. The predicted octanol–water partition coefficient (Wildman–Crippen LogP) is 5.44. The molecule has 0 aliphatic rings. The largest absolute Gasteiger partial charge is 0.423 e. The number of halogens is 2. The van der Waals surface area contributed by atoms with Crippen molar-refractivity contribution in [2.24, 2.45) is 0 Å². The minimum absolute atomic E-state index is 0.119. The van der Waals surface area contributed by atoms with Crippen molar-refractivity contribution in [1.29, 1.82) is 0 Å². The molecule has 4 aromatic rings. The number of carbonyl (C=O) groups is 1. The van der Waals surface area contributed by atoms with E-state index in [0.717, 1.165) is 15.5 Å². The Hall–Kier alpha value is -2.45. The number of hydrogen-bond acceptors (Lipinski definition) is 5. The molecular formula is C19H10Cl2N2O3S2. The van der Waals surface area contributed by atoms with Gasteiger partial charge in [0.15, 0.2) is 5.11 Å². The number of thiocarbonyl (C=S) groups is 1. The molecule has 9 heteroatoms. The van der Waals surface area contributed by atoms with E-state index in [-0.39, 0.29) is 5.11 Å². The number of anilines is 1. The third-order valence-corrected chi connectivity index (χ3v) is 6.00. The number of benzene rings is 2. The third kappa shape index (κ3) is 3.74. The molecule has 2 aromatic heterocycles. The van der Waals surface area contributed by atoms with Crippen LogP contribution in [0.25, 0.3) is 21.1 Å². The van der Waals surface area contributed by atoms with Gasteiger partial charge < -0.3 is 9.73 Å². The molecule has 0 saturated carbocycles. The molecule has 140 valence electrons. The fourth-order valence-corrected chi connectivity index (χ4v) is 4.56. The highest BCUT2D eigenvalue weighted by atomic mass is 35.5. The molecule has 4 rings (SSSR count). The molecule has 0 radical (unpaired) electrons. The van der Waals surface area contributed by atoms with Gasteiger partial charge in [0, 0.05) is 32.2 Å². The van der Waals surface area contributed by atoms with Crippen LogP contribution in [0.1, 0.15) is 9.67 Å². The fourth-order valence-electron chi connectivity index (χ4n) is 2.66. The van der Waals surface area contributed by atoms with Crippen LogP contribution in [-0.2, 0) is 0 Å². The number of fused-ring (bicyclic) bond motifs is 2. The van der Waals surface area contributed by atoms with Gasteiger partial charge in [0.25, 0.3) is 5.91 Å². The molecule has 2 aromatic carbocycles. The van der Waals surface area contributed by atoms with Crippen molar-refractivity contribution in [3.8, 4) is 0 Å². The SMILES string of the molecule is O=C(NC(=S)Nc1ccc2oc(=O)ccc2c1)c1sc2cc(Cl)ccc2c1Cl. The summed E-state index contributed by atoms with van der Waals surface area (Å²) in [7, 11) is 0. The molecule has 1 amide bonds. The summed E-state index contributed by atoms with van der Waals surface area (Å²) in [5.74, 6) is -0.411. The fraction of sp³-hybridized carbons (Fsp3) is 0. The molecule has 0 saturated heterocycles. The lowest BCUT2D eigenvalue weighted by Gasteiger charge is -2.09. The third-order valence-electron chi connectivity index (χ3n) is 3.90. The maximum atomic E-state index is 12.6. The van der Waals surface area contributed by atoms with Crippen LogP contribution >= 0.6 is 46.8 Å². The van der Waals surface area contributed by atoms with Gasteiger partial charge in [0.1, 0.15) is 10.5 Å². The van der Waals surface area contributed by atoms with Gasteiger partial charge in [-0.1, -0.05) is 29.3 Å². The summed E-state index contributed by atoms with van der Waals surface area (Å²) in [6.07, 6.45) is 0. The lowest BCUT2D eigenvalue weighted by atomic mass is 10.2. The Kier molecular flexibility index (Phi) is 5.07. The van der Waals surface area contributed by atoms with Crippen LogP contribution in [0.2, 0.25) is 10.0 Å². The molecule has 28 heavy (non-hydrogen) atoms. The quantitative estimate of drug-likeness (QED) is 0.315. The van der Waals surface area contributed by atoms with E-state index in [0.29, 0.717) is 26.2 Å². The van der Waals surface area contributed by atoms with E-state index < -0.39 is 11.5 Å². The Balaban J connectivity index is 1.52. The first kappa shape index (κ1) is 18.9. The highest BCUT2D eigenvalue weighted by Gasteiger charge is 2.18. The van der Waals surface area contributed by atoms with E-state index >= 15 is 0 Å². The molecule has 0 atom stereocenters. The molecule has 2 N–H and O–H groups in total. The first-order chi connectivity index (χ1) is 13.4. The van der Waals surface area contributed by atoms with Crippen LogP contribution in [-0.4, -0.2) is 11.0 Å². The Bertz CT molecular complexity index is 1310. The molecule has 5 nitrogen and oxygen atoms in total. The van der Waals surface area contributed by atoms with Crippen LogP contribution in [0.15, 0.2) is 57.7 Å². The van der Waals surface area contributed by atoms with Crippen molar-refractivity contribution >= 4 is 84.5 Å². The minimum Gasteiger partial charge on any atom is -0.423 e. The summed E-state index contributed by atoms with van der Waals surface area (Å²) >= 11 is 18.8. The van der Waals surface area contributed by atoms with Gasteiger partial charge in [-0.15, -0.1) is 11.3 Å². The van der Waals surface area contributed by atoms with Gasteiger partial charge in [0.05, 0.1) is 5.02 Å². The number of rotatable bonds is 2. The Morgan fingerprint density at radius 1 is 1.07 bits per heavy atom. The molecule has 0 aliphatic heterocycles. The lowest BCUT2D eigenvalue weighted by Crippen LogP contribution is -2.33. The van der Waals surface area contributed by atoms with Gasteiger partial charge in [-0.05, 0) is 48.6 Å². The van der Waals surface area contributed by atoms with Crippen LogP contribution in [0.4, 0.5) is 5.69 Å². The molecule has 0 fully saturated rings. The van der Waals surface area contributed by atoms with Gasteiger partial charge in [0.2, 0.25) is 0 Å². The van der Waals surface area contributed by atoms with Crippen molar-refractivity contribution in [3.63, 3.8) is 0 Å². The summed E-state index contributed by atoms with van der Waals surface area (Å²) in [4.78, 5) is 24.2. The normalized spacial score (nSPS) is 10.9. The standard InChI is InChI=1S/C19H10Cl2N2O3S2/c20-10-2-4-12-14(8-10)28-17(16(12)21)18(25)23-19(27)22-11-3-5-13-9(7-11)1-6-15(24)26-13/h1-8H,(H2,22,23,25,27). The second-order valence-corrected chi connectivity index (χ2v) is 8.08. The topological polar surface area (TPSA) is 71.3 Å². The number of nitrogens with one attached hydrogen (secondary N) is 2. The first-order valence-corrected chi connectivity index (χ1v) is 9.92. The molecule has 0 aliphatic carbocycles. The predicted molar refractivity (Wildman–Crippen MR) is 118 cm³/mol. The monoisotopic (exact) mass is 448 g/mol. The first-order valence-electron chi connectivity index (χ1n) is 7.94. The summed E-state index contributed by atoms with van der Waals surface area (Å²) in [5.41, 5.74) is 0.682. The van der Waals surface area contributed by atoms with Crippen LogP contribution in [0.3, 0.4) is 0 Å². The number of hydrogen-bond donors (Lipinski definition) is 2. The molecule has 0 unspecified atom stereocenters. The van der Waals surface area contributed by atoms with Crippen LogP contribution in [0, 0.1) is 0 Å². The van der Waals surface area contributed by atoms with Crippen molar-refractivity contribution in [2.45, 2.75) is 0 Å². The zero-order valence-electron chi connectivity index (χ0n) is 13.9. The second kappa shape index (κ2) is 7.52. The molecule has 2 heterocycles. The molecule has 0 bridgehead atoms. The Labute approximate surface area is 177 Å². The van der Waals surface area contributed by atoms with Crippen molar-refractivity contribution in [3.05, 3.63) is 73.9 Å². The lowest BCUT2D eigenvalue weighted by molar-refractivity contribution is 0.0982. The van der Waals surface area contributed by atoms with Crippen LogP contribution < -0.4 is 16.3 Å². The zero-order valence-corrected chi connectivity index (χ0v) is 17.1. The zero-order chi connectivity index (χ0) is 19.8. The molecule has 0 spiro atoms. The minimum atomic E-state index is -0.419. The van der Waals surface area contributed by atoms with Crippen molar-refractivity contribution in [2.75, 3.05) is 5.32 Å². The highest BCUT2D eigenvalue weighted by molar-refractivity contribution is 7.80. The second-order valence-electron chi connectivity index (χ2n) is 5.80. The maximum absolute atomic E-state index is 12.6. The van der Waals surface area contributed by atoms with Gasteiger partial charge in [-0.2, -0.15) is 0 Å². The summed E-state index contributed by atoms with van der Waals surface area (Å²) in [5, 5.41) is 8.09. The maximum Gasteiger partial charge on any atom is 0.336 e. The van der Waals surface area contributed by atoms with E-state index in [1.54, 1.807) is 42.5 Å². The average molecular weight is 449 g/mol. The van der Waals surface area contributed by atoms with Gasteiger partial charge >= 0.3 is 5.63 Å². The van der Waals surface area contributed by atoms with Crippen molar-refractivity contribution in [1.82, 2.24) is 5.32 Å². The summed E-state index contributed by atoms with van der Waals surface area (Å²) in [6.45, 7) is 0. The van der Waals surface area contributed by atoms with Gasteiger partial charge in [-0.3, -0.25) is 10.1 Å². The number of carbonyl (C=O) groups excluding carboxylic acids is 1. The van der Waals surface area contributed by atoms with E-state index in [9.17, 15) is 9.59 Å². The number of amides is 1. The molecular weight excluding hydrogens is 439 g/mol. The summed E-state index contributed by atoms with van der Waals surface area (Å²) in [6, 6.07) is 13.3. The van der Waals surface area contributed by atoms with E-state index in [1.807, 2.05) is 0 Å².